The molecule has 0 radical (unpaired) electrons. The molecule has 1 nitrogen and oxygen atoms in total. The van der Waals surface area contributed by atoms with Crippen LogP contribution in [0, 0.1) is 5.92 Å². The van der Waals surface area contributed by atoms with Crippen molar-refractivity contribution in [3.05, 3.63) is 0 Å². The van der Waals surface area contributed by atoms with Crippen LogP contribution in [-0.2, 0) is 4.74 Å². The zero-order valence-electron chi connectivity index (χ0n) is 5.68. The largest absolute Gasteiger partial charge is 0.378 e. The first kappa shape index (κ1) is 6.09. The Kier molecular flexibility index (Phi) is 1.90. The van der Waals surface area contributed by atoms with Gasteiger partial charge in [0.2, 0.25) is 0 Å². The van der Waals surface area contributed by atoms with Gasteiger partial charge in [0.25, 0.3) is 0 Å². The second kappa shape index (κ2) is 2.49. The van der Waals surface area contributed by atoms with Crippen LogP contribution in [0.5, 0.6) is 0 Å². The highest BCUT2D eigenvalue weighted by atomic mass is 16.5. The van der Waals surface area contributed by atoms with Crippen molar-refractivity contribution in [1.29, 1.82) is 0 Å². The molecule has 0 spiro atoms. The van der Waals surface area contributed by atoms with Crippen LogP contribution in [0.3, 0.4) is 0 Å². The third-order valence-corrected chi connectivity index (χ3v) is 1.75. The summed E-state index contributed by atoms with van der Waals surface area (Å²) in [5.41, 5.74) is 0. The van der Waals surface area contributed by atoms with Gasteiger partial charge in [0.05, 0.1) is 6.10 Å². The molecule has 0 N–H and O–H groups in total. The fourth-order valence-electron chi connectivity index (χ4n) is 1.22. The maximum atomic E-state index is 5.35. The fourth-order valence-corrected chi connectivity index (χ4v) is 1.22. The van der Waals surface area contributed by atoms with Crippen LogP contribution in [0.1, 0.15) is 26.7 Å². The third-order valence-electron chi connectivity index (χ3n) is 1.75. The third kappa shape index (κ3) is 1.48. The van der Waals surface area contributed by atoms with Gasteiger partial charge in [0.1, 0.15) is 0 Å². The molecule has 0 bridgehead atoms. The van der Waals surface area contributed by atoms with E-state index in [1.807, 2.05) is 0 Å². The Labute approximate surface area is 51.0 Å². The number of hydrogen-bond donors (Lipinski definition) is 0. The normalized spacial score (nSPS) is 39.8. The molecule has 48 valence electrons. The number of ether oxygens (including phenoxy) is 1. The van der Waals surface area contributed by atoms with Crippen LogP contribution < -0.4 is 0 Å². The molecule has 0 amide bonds. The molecule has 1 rings (SSSR count). The molecule has 2 atom stereocenters. The summed E-state index contributed by atoms with van der Waals surface area (Å²) in [5.74, 6) is 0.888. The predicted octanol–water partition coefficient (Wildman–Crippen LogP) is 1.82. The van der Waals surface area contributed by atoms with E-state index in [0.717, 1.165) is 12.5 Å². The second-order valence-corrected chi connectivity index (χ2v) is 2.81. The van der Waals surface area contributed by atoms with Crippen molar-refractivity contribution in [3.63, 3.8) is 0 Å². The van der Waals surface area contributed by atoms with Gasteiger partial charge in [-0.15, -0.1) is 0 Å². The first-order valence-electron chi connectivity index (χ1n) is 3.40. The van der Waals surface area contributed by atoms with Gasteiger partial charge in [-0.25, -0.2) is 0 Å². The second-order valence-electron chi connectivity index (χ2n) is 2.81. The van der Waals surface area contributed by atoms with Gasteiger partial charge >= 0.3 is 0 Å². The Hall–Kier alpha value is -0.0400. The Bertz CT molecular complexity index is 62.8. The lowest BCUT2D eigenvalue weighted by Crippen LogP contribution is -2.20. The molecule has 0 aromatic rings. The van der Waals surface area contributed by atoms with E-state index in [4.69, 9.17) is 4.74 Å². The predicted molar refractivity (Wildman–Crippen MR) is 33.8 cm³/mol. The highest BCUT2D eigenvalue weighted by molar-refractivity contribution is 4.63. The van der Waals surface area contributed by atoms with Gasteiger partial charge < -0.3 is 4.74 Å². The summed E-state index contributed by atoms with van der Waals surface area (Å²) >= 11 is 0. The van der Waals surface area contributed by atoms with E-state index in [-0.39, 0.29) is 0 Å². The zero-order valence-corrected chi connectivity index (χ0v) is 5.68. The van der Waals surface area contributed by atoms with Gasteiger partial charge in [-0.1, -0.05) is 6.92 Å². The van der Waals surface area contributed by atoms with Crippen LogP contribution in [-0.4, -0.2) is 12.7 Å². The van der Waals surface area contributed by atoms with Crippen LogP contribution in [0.4, 0.5) is 0 Å². The summed E-state index contributed by atoms with van der Waals surface area (Å²) in [6, 6.07) is 0. The number of hydrogen-bond acceptors (Lipinski definition) is 1. The summed E-state index contributed by atoms with van der Waals surface area (Å²) in [7, 11) is 0. The average Bonchev–Trinajstić information content (AvgIpc) is 1.64. The smallest absolute Gasteiger partial charge is 0.0549 e. The zero-order chi connectivity index (χ0) is 5.98. The van der Waals surface area contributed by atoms with E-state index < -0.39 is 0 Å². The standard InChI is InChI=1S/C7H14O/c1-6-3-4-8-7(2)5-6/h6-7H,3-5H2,1-2H3/t6-,7-/m1/s1. The van der Waals surface area contributed by atoms with Gasteiger partial charge in [-0.3, -0.25) is 0 Å². The molecule has 0 saturated carbocycles. The average molecular weight is 114 g/mol. The van der Waals surface area contributed by atoms with Crippen molar-refractivity contribution in [1.82, 2.24) is 0 Å². The minimum absolute atomic E-state index is 0.513. The minimum atomic E-state index is 0.513. The molecule has 1 aliphatic heterocycles. The maximum absolute atomic E-state index is 5.35. The number of rotatable bonds is 0. The molecule has 1 heterocycles. The van der Waals surface area contributed by atoms with E-state index in [0.29, 0.717) is 6.10 Å². The topological polar surface area (TPSA) is 9.23 Å². The molecule has 1 heteroatoms. The highest BCUT2D eigenvalue weighted by Crippen LogP contribution is 2.18. The van der Waals surface area contributed by atoms with Gasteiger partial charge in [0, 0.05) is 6.61 Å². The van der Waals surface area contributed by atoms with E-state index in [1.54, 1.807) is 0 Å². The molecule has 0 aromatic heterocycles. The first-order valence-corrected chi connectivity index (χ1v) is 3.40. The Balaban J connectivity index is 2.23. The molecule has 1 fully saturated rings. The minimum Gasteiger partial charge on any atom is -0.378 e. The summed E-state index contributed by atoms with van der Waals surface area (Å²) in [6.45, 7) is 5.41. The lowest BCUT2D eigenvalue weighted by molar-refractivity contribution is 0.00682. The fraction of sp³-hybridized carbons (Fsp3) is 1.00. The maximum Gasteiger partial charge on any atom is 0.0549 e. The van der Waals surface area contributed by atoms with Gasteiger partial charge in [0.15, 0.2) is 0 Å². The molecule has 0 aromatic carbocycles. The van der Waals surface area contributed by atoms with Crippen molar-refractivity contribution in [3.8, 4) is 0 Å². The molecule has 0 unspecified atom stereocenters. The highest BCUT2D eigenvalue weighted by Gasteiger charge is 2.13. The van der Waals surface area contributed by atoms with E-state index in [9.17, 15) is 0 Å². The molecule has 0 aliphatic carbocycles. The van der Waals surface area contributed by atoms with E-state index >= 15 is 0 Å². The molecular weight excluding hydrogens is 100 g/mol. The summed E-state index contributed by atoms with van der Waals surface area (Å²) < 4.78 is 5.35. The van der Waals surface area contributed by atoms with Gasteiger partial charge in [-0.05, 0) is 25.7 Å². The Morgan fingerprint density at radius 3 is 2.50 bits per heavy atom. The van der Waals surface area contributed by atoms with Crippen LogP contribution in [0.25, 0.3) is 0 Å². The van der Waals surface area contributed by atoms with Crippen molar-refractivity contribution < 1.29 is 4.74 Å². The summed E-state index contributed by atoms with van der Waals surface area (Å²) in [5, 5.41) is 0. The quantitative estimate of drug-likeness (QED) is 0.466. The van der Waals surface area contributed by atoms with Crippen molar-refractivity contribution in [2.24, 2.45) is 5.92 Å². The van der Waals surface area contributed by atoms with Crippen LogP contribution in [0.15, 0.2) is 0 Å². The Morgan fingerprint density at radius 1 is 1.38 bits per heavy atom. The van der Waals surface area contributed by atoms with Gasteiger partial charge in [-0.2, -0.15) is 0 Å². The lowest BCUT2D eigenvalue weighted by atomic mass is 9.99. The summed E-state index contributed by atoms with van der Waals surface area (Å²) in [6.07, 6.45) is 3.02. The lowest BCUT2D eigenvalue weighted by Gasteiger charge is -2.23. The van der Waals surface area contributed by atoms with E-state index in [1.165, 1.54) is 12.8 Å². The van der Waals surface area contributed by atoms with Crippen molar-refractivity contribution in [2.75, 3.05) is 6.61 Å². The SMILES string of the molecule is C[C@@H]1CCO[C@H](C)C1. The van der Waals surface area contributed by atoms with Crippen LogP contribution >= 0.6 is 0 Å². The molecule has 1 saturated heterocycles. The monoisotopic (exact) mass is 114 g/mol. The molecular formula is C7H14O. The molecule has 8 heavy (non-hydrogen) atoms. The first-order chi connectivity index (χ1) is 3.79. The Morgan fingerprint density at radius 2 is 2.12 bits per heavy atom. The molecule has 1 aliphatic rings. The summed E-state index contributed by atoms with van der Waals surface area (Å²) in [4.78, 5) is 0. The van der Waals surface area contributed by atoms with Crippen LogP contribution in [0.2, 0.25) is 0 Å². The van der Waals surface area contributed by atoms with E-state index in [2.05, 4.69) is 13.8 Å². The van der Waals surface area contributed by atoms with Crippen molar-refractivity contribution >= 4 is 0 Å². The van der Waals surface area contributed by atoms with Crippen molar-refractivity contribution in [2.45, 2.75) is 32.8 Å².